The summed E-state index contributed by atoms with van der Waals surface area (Å²) >= 11 is 0. The maximum Gasteiger partial charge on any atom is 0.289 e. The number of hydrogen-bond donors (Lipinski definition) is 2. The fraction of sp³-hybridized carbons (Fsp3) is 0.615. The first-order valence-electron chi connectivity index (χ1n) is 11.9. The van der Waals surface area contributed by atoms with Gasteiger partial charge in [-0.3, -0.25) is 4.79 Å². The van der Waals surface area contributed by atoms with E-state index in [2.05, 4.69) is 48.6 Å². The first kappa shape index (κ1) is 23.0. The van der Waals surface area contributed by atoms with Gasteiger partial charge in [0, 0.05) is 30.4 Å². The van der Waals surface area contributed by atoms with E-state index in [0.717, 1.165) is 31.4 Å². The molecule has 0 bridgehead atoms. The molecule has 0 spiro atoms. The highest BCUT2D eigenvalue weighted by Crippen LogP contribution is 2.45. The zero-order valence-electron chi connectivity index (χ0n) is 19.6. The second kappa shape index (κ2) is 8.99. The van der Waals surface area contributed by atoms with E-state index in [4.69, 9.17) is 9.26 Å². The predicted octanol–water partition coefficient (Wildman–Crippen LogP) is 4.58. The molecule has 1 aliphatic heterocycles. The summed E-state index contributed by atoms with van der Waals surface area (Å²) in [6.45, 7) is 8.67. The van der Waals surface area contributed by atoms with E-state index in [0.29, 0.717) is 13.0 Å². The minimum absolute atomic E-state index is 0.0397. The van der Waals surface area contributed by atoms with Crippen LogP contribution in [-0.4, -0.2) is 40.5 Å². The smallest absolute Gasteiger partial charge is 0.289 e. The summed E-state index contributed by atoms with van der Waals surface area (Å²) < 4.78 is 11.7. The number of carbonyl (C=O) groups excluding carboxylic acids is 1. The third-order valence-electron chi connectivity index (χ3n) is 7.32. The van der Waals surface area contributed by atoms with Gasteiger partial charge in [0.2, 0.25) is 5.76 Å². The lowest BCUT2D eigenvalue weighted by atomic mass is 9.73. The third kappa shape index (κ3) is 4.76. The Morgan fingerprint density at radius 3 is 2.62 bits per heavy atom. The molecule has 32 heavy (non-hydrogen) atoms. The minimum atomic E-state index is -0.353. The van der Waals surface area contributed by atoms with Gasteiger partial charge in [-0.2, -0.15) is 0 Å². The molecule has 1 saturated heterocycles. The SMILES string of the molecule is CC(C)c1cc(C(=O)NC[C@]2(c3ccccc3)CC[C@H]3[C@H](CC2)OC(C)(C)C[C@@H]3O)on1. The number of aliphatic hydroxyl groups is 1. The van der Waals surface area contributed by atoms with Crippen LogP contribution in [0.1, 0.15) is 87.5 Å². The molecule has 6 nitrogen and oxygen atoms in total. The van der Waals surface area contributed by atoms with Crippen LogP contribution in [0.5, 0.6) is 0 Å². The molecule has 1 aliphatic carbocycles. The maximum atomic E-state index is 12.9. The van der Waals surface area contributed by atoms with Crippen molar-refractivity contribution in [1.82, 2.24) is 10.5 Å². The Balaban J connectivity index is 1.55. The molecular weight excluding hydrogens is 404 g/mol. The Kier molecular flexibility index (Phi) is 6.46. The molecule has 174 valence electrons. The summed E-state index contributed by atoms with van der Waals surface area (Å²) in [4.78, 5) is 12.9. The number of nitrogens with zero attached hydrogens (tertiary/aromatic N) is 1. The fourth-order valence-corrected chi connectivity index (χ4v) is 5.45. The second-order valence-corrected chi connectivity index (χ2v) is 10.5. The van der Waals surface area contributed by atoms with Crippen LogP contribution in [0.4, 0.5) is 0 Å². The summed E-state index contributed by atoms with van der Waals surface area (Å²) in [5.41, 5.74) is 1.46. The molecule has 0 radical (unpaired) electrons. The van der Waals surface area contributed by atoms with Gasteiger partial charge in [-0.15, -0.1) is 0 Å². The van der Waals surface area contributed by atoms with E-state index in [1.165, 1.54) is 5.56 Å². The van der Waals surface area contributed by atoms with Gasteiger partial charge in [0.1, 0.15) is 0 Å². The van der Waals surface area contributed by atoms with E-state index >= 15 is 0 Å². The van der Waals surface area contributed by atoms with Crippen molar-refractivity contribution in [1.29, 1.82) is 0 Å². The van der Waals surface area contributed by atoms with Gasteiger partial charge in [-0.25, -0.2) is 0 Å². The monoisotopic (exact) mass is 440 g/mol. The molecule has 6 heteroatoms. The van der Waals surface area contributed by atoms with Gasteiger partial charge in [-0.05, 0) is 51.0 Å². The van der Waals surface area contributed by atoms with Crippen molar-refractivity contribution >= 4 is 5.91 Å². The molecule has 2 N–H and O–H groups in total. The first-order chi connectivity index (χ1) is 15.2. The maximum absolute atomic E-state index is 12.9. The number of aromatic nitrogens is 1. The van der Waals surface area contributed by atoms with E-state index < -0.39 is 0 Å². The molecule has 4 rings (SSSR count). The van der Waals surface area contributed by atoms with Crippen LogP contribution in [0.15, 0.2) is 40.9 Å². The molecule has 1 aromatic carbocycles. The zero-order valence-corrected chi connectivity index (χ0v) is 19.6. The third-order valence-corrected chi connectivity index (χ3v) is 7.32. The van der Waals surface area contributed by atoms with Crippen molar-refractivity contribution in [2.24, 2.45) is 5.92 Å². The highest BCUT2D eigenvalue weighted by molar-refractivity contribution is 5.91. The number of benzene rings is 1. The van der Waals surface area contributed by atoms with Crippen LogP contribution in [-0.2, 0) is 10.2 Å². The Hall–Kier alpha value is -2.18. The molecule has 0 unspecified atom stereocenters. The Labute approximate surface area is 190 Å². The lowest BCUT2D eigenvalue weighted by Crippen LogP contribution is -2.48. The van der Waals surface area contributed by atoms with E-state index in [-0.39, 0.29) is 46.7 Å². The second-order valence-electron chi connectivity index (χ2n) is 10.5. The summed E-state index contributed by atoms with van der Waals surface area (Å²) in [5.74, 6) is 0.350. The van der Waals surface area contributed by atoms with Crippen molar-refractivity contribution in [3.8, 4) is 0 Å². The van der Waals surface area contributed by atoms with Crippen LogP contribution in [0.25, 0.3) is 0 Å². The molecule has 2 heterocycles. The lowest BCUT2D eigenvalue weighted by Gasteiger charge is -2.43. The molecule has 2 fully saturated rings. The number of hydrogen-bond acceptors (Lipinski definition) is 5. The van der Waals surface area contributed by atoms with Gasteiger partial charge in [-0.1, -0.05) is 49.3 Å². The Morgan fingerprint density at radius 2 is 1.94 bits per heavy atom. The highest BCUT2D eigenvalue weighted by Gasteiger charge is 2.46. The molecule has 1 amide bonds. The quantitative estimate of drug-likeness (QED) is 0.711. The van der Waals surface area contributed by atoms with Crippen LogP contribution >= 0.6 is 0 Å². The number of fused-ring (bicyclic) bond motifs is 1. The number of ether oxygens (including phenoxy) is 1. The van der Waals surface area contributed by atoms with Crippen molar-refractivity contribution in [3.05, 3.63) is 53.4 Å². The van der Waals surface area contributed by atoms with Crippen molar-refractivity contribution in [2.45, 2.75) is 88.9 Å². The Bertz CT molecular complexity index is 923. The molecule has 2 aliphatic rings. The normalized spacial score (nSPS) is 29.9. The van der Waals surface area contributed by atoms with Gasteiger partial charge < -0.3 is 19.7 Å². The van der Waals surface area contributed by atoms with Crippen LogP contribution in [0.3, 0.4) is 0 Å². The lowest BCUT2D eigenvalue weighted by molar-refractivity contribution is -0.178. The number of rotatable bonds is 5. The van der Waals surface area contributed by atoms with Crippen molar-refractivity contribution < 1.29 is 19.2 Å². The summed E-state index contributed by atoms with van der Waals surface area (Å²) in [5, 5.41) is 18.0. The van der Waals surface area contributed by atoms with E-state index in [1.807, 2.05) is 19.9 Å². The fourth-order valence-electron chi connectivity index (χ4n) is 5.45. The van der Waals surface area contributed by atoms with Crippen LogP contribution in [0, 0.1) is 5.92 Å². The number of nitrogens with one attached hydrogen (secondary N) is 1. The summed E-state index contributed by atoms with van der Waals surface area (Å²) in [6.07, 6.45) is 3.84. The van der Waals surface area contributed by atoms with Gasteiger partial charge in [0.15, 0.2) is 0 Å². The zero-order chi connectivity index (χ0) is 22.9. The topological polar surface area (TPSA) is 84.6 Å². The molecule has 1 saturated carbocycles. The van der Waals surface area contributed by atoms with Crippen LogP contribution < -0.4 is 5.32 Å². The van der Waals surface area contributed by atoms with Gasteiger partial charge in [0.25, 0.3) is 5.91 Å². The highest BCUT2D eigenvalue weighted by atomic mass is 16.5. The molecule has 1 aromatic heterocycles. The van der Waals surface area contributed by atoms with Crippen LogP contribution in [0.2, 0.25) is 0 Å². The number of carbonyl (C=O) groups is 1. The van der Waals surface area contributed by atoms with Gasteiger partial charge >= 0.3 is 0 Å². The molecular formula is C26H36N2O4. The first-order valence-corrected chi connectivity index (χ1v) is 11.9. The van der Waals surface area contributed by atoms with Gasteiger partial charge in [0.05, 0.1) is 23.5 Å². The average molecular weight is 441 g/mol. The summed E-state index contributed by atoms with van der Waals surface area (Å²) in [7, 11) is 0. The Morgan fingerprint density at radius 1 is 1.22 bits per heavy atom. The largest absolute Gasteiger partial charge is 0.393 e. The van der Waals surface area contributed by atoms with Crippen molar-refractivity contribution in [3.63, 3.8) is 0 Å². The molecule has 4 atom stereocenters. The number of aliphatic hydroxyl groups excluding tert-OH is 1. The minimum Gasteiger partial charge on any atom is -0.393 e. The standard InChI is InChI=1S/C26H36N2O4/c1-17(2)20-14-23(32-28-20)24(30)27-16-26(18-8-6-5-7-9-18)12-10-19-21(29)15-25(3,4)31-22(19)11-13-26/h5-9,14,17,19,21-22,29H,10-13,15-16H2,1-4H3,(H,27,30)/t19-,21+,22+,26+/m1/s1. The van der Waals surface area contributed by atoms with E-state index in [1.54, 1.807) is 6.07 Å². The van der Waals surface area contributed by atoms with Crippen molar-refractivity contribution in [2.75, 3.05) is 6.54 Å². The number of amides is 1. The molecule has 2 aromatic rings. The predicted molar refractivity (Wildman–Crippen MR) is 123 cm³/mol. The van der Waals surface area contributed by atoms with E-state index in [9.17, 15) is 9.90 Å². The summed E-state index contributed by atoms with van der Waals surface area (Å²) in [6, 6.07) is 12.1. The average Bonchev–Trinajstić information content (AvgIpc) is 3.17.